The second-order valence-electron chi connectivity index (χ2n) is 4.94. The summed E-state index contributed by atoms with van der Waals surface area (Å²) < 4.78 is 13.6. The Balaban J connectivity index is 2.38. The molecule has 0 radical (unpaired) electrons. The SMILES string of the molecule is CN(CCCC(=O)O)C(=O)CCNC(=O)c1cc(F)ccc1Br. The standard InChI is InChI=1S/C15H18BrFN2O4/c1-19(8-2-3-14(21)22)13(20)6-7-18-15(23)11-9-10(17)4-5-12(11)16/h4-5,9H,2-3,6-8H2,1H3,(H,18,23)(H,21,22). The number of nitrogens with one attached hydrogen (secondary N) is 1. The van der Waals surface area contributed by atoms with Crippen molar-refractivity contribution in [1.82, 2.24) is 10.2 Å². The fourth-order valence-corrected chi connectivity index (χ4v) is 2.26. The zero-order chi connectivity index (χ0) is 17.4. The van der Waals surface area contributed by atoms with Gasteiger partial charge in [-0.25, -0.2) is 4.39 Å². The summed E-state index contributed by atoms with van der Waals surface area (Å²) in [6.45, 7) is 0.457. The molecule has 0 aliphatic rings. The highest BCUT2D eigenvalue weighted by Gasteiger charge is 2.13. The van der Waals surface area contributed by atoms with Crippen LogP contribution in [0.1, 0.15) is 29.6 Å². The Morgan fingerprint density at radius 3 is 2.65 bits per heavy atom. The first kappa shape index (κ1) is 19.1. The molecule has 6 nitrogen and oxygen atoms in total. The number of hydrogen-bond donors (Lipinski definition) is 2. The van der Waals surface area contributed by atoms with Gasteiger partial charge in [-0.1, -0.05) is 0 Å². The Hall–Kier alpha value is -1.96. The molecule has 0 saturated heterocycles. The third-order valence-electron chi connectivity index (χ3n) is 3.11. The van der Waals surface area contributed by atoms with E-state index in [9.17, 15) is 18.8 Å². The number of amides is 2. The van der Waals surface area contributed by atoms with Gasteiger partial charge in [0.25, 0.3) is 5.91 Å². The van der Waals surface area contributed by atoms with Crippen LogP contribution in [-0.2, 0) is 9.59 Å². The van der Waals surface area contributed by atoms with Crippen molar-refractivity contribution in [3.63, 3.8) is 0 Å². The molecule has 8 heteroatoms. The van der Waals surface area contributed by atoms with E-state index >= 15 is 0 Å². The average Bonchev–Trinajstić information content (AvgIpc) is 2.48. The van der Waals surface area contributed by atoms with E-state index < -0.39 is 17.7 Å². The van der Waals surface area contributed by atoms with E-state index in [2.05, 4.69) is 21.2 Å². The van der Waals surface area contributed by atoms with Crippen LogP contribution in [0.2, 0.25) is 0 Å². The Morgan fingerprint density at radius 2 is 2.00 bits per heavy atom. The predicted molar refractivity (Wildman–Crippen MR) is 85.6 cm³/mol. The largest absolute Gasteiger partial charge is 0.481 e. The molecule has 0 unspecified atom stereocenters. The molecule has 0 aliphatic carbocycles. The summed E-state index contributed by atoms with van der Waals surface area (Å²) in [5.74, 6) is -2.10. The smallest absolute Gasteiger partial charge is 0.303 e. The molecule has 23 heavy (non-hydrogen) atoms. The highest BCUT2D eigenvalue weighted by atomic mass is 79.9. The topological polar surface area (TPSA) is 86.7 Å². The monoisotopic (exact) mass is 388 g/mol. The lowest BCUT2D eigenvalue weighted by molar-refractivity contribution is -0.138. The van der Waals surface area contributed by atoms with Crippen LogP contribution in [0.3, 0.4) is 0 Å². The fraction of sp³-hybridized carbons (Fsp3) is 0.400. The van der Waals surface area contributed by atoms with Crippen molar-refractivity contribution in [2.75, 3.05) is 20.1 Å². The number of carboxylic acids is 1. The number of carboxylic acid groups (broad SMARTS) is 1. The van der Waals surface area contributed by atoms with Crippen molar-refractivity contribution in [3.8, 4) is 0 Å². The van der Waals surface area contributed by atoms with Crippen molar-refractivity contribution in [3.05, 3.63) is 34.1 Å². The second-order valence-corrected chi connectivity index (χ2v) is 5.80. The van der Waals surface area contributed by atoms with Crippen LogP contribution < -0.4 is 5.32 Å². The molecular weight excluding hydrogens is 371 g/mol. The van der Waals surface area contributed by atoms with Gasteiger partial charge in [-0.05, 0) is 40.5 Å². The number of nitrogens with zero attached hydrogens (tertiary/aromatic N) is 1. The van der Waals surface area contributed by atoms with Gasteiger partial charge in [-0.3, -0.25) is 14.4 Å². The molecule has 2 amide bonds. The van der Waals surface area contributed by atoms with Crippen LogP contribution in [0.15, 0.2) is 22.7 Å². The molecule has 0 aromatic heterocycles. The zero-order valence-corrected chi connectivity index (χ0v) is 14.2. The van der Waals surface area contributed by atoms with Gasteiger partial charge in [0.05, 0.1) is 5.56 Å². The highest BCUT2D eigenvalue weighted by molar-refractivity contribution is 9.10. The predicted octanol–water partition coefficient (Wildman–Crippen LogP) is 2.03. The summed E-state index contributed by atoms with van der Waals surface area (Å²) in [4.78, 5) is 35.6. The minimum absolute atomic E-state index is 0.00194. The molecule has 0 bridgehead atoms. The molecule has 1 aromatic rings. The van der Waals surface area contributed by atoms with Crippen LogP contribution in [0.4, 0.5) is 4.39 Å². The minimum atomic E-state index is -0.904. The number of halogens is 2. The summed E-state index contributed by atoms with van der Waals surface area (Å²) in [5, 5.41) is 11.1. The second kappa shape index (κ2) is 9.24. The Morgan fingerprint density at radius 1 is 1.30 bits per heavy atom. The highest BCUT2D eigenvalue weighted by Crippen LogP contribution is 2.17. The fourth-order valence-electron chi connectivity index (χ4n) is 1.83. The minimum Gasteiger partial charge on any atom is -0.481 e. The summed E-state index contributed by atoms with van der Waals surface area (Å²) >= 11 is 3.16. The Kier molecular flexibility index (Phi) is 7.67. The first-order chi connectivity index (χ1) is 10.8. The maximum atomic E-state index is 13.1. The summed E-state index contributed by atoms with van der Waals surface area (Å²) in [7, 11) is 1.58. The molecule has 0 heterocycles. The molecule has 2 N–H and O–H groups in total. The van der Waals surface area contributed by atoms with Crippen LogP contribution in [0.25, 0.3) is 0 Å². The van der Waals surface area contributed by atoms with Crippen molar-refractivity contribution in [2.45, 2.75) is 19.3 Å². The van der Waals surface area contributed by atoms with Gasteiger partial charge < -0.3 is 15.3 Å². The first-order valence-corrected chi connectivity index (χ1v) is 7.79. The summed E-state index contributed by atoms with van der Waals surface area (Å²) in [6.07, 6.45) is 0.463. The van der Waals surface area contributed by atoms with E-state index in [0.29, 0.717) is 17.4 Å². The third-order valence-corrected chi connectivity index (χ3v) is 3.80. The molecule has 1 aromatic carbocycles. The van der Waals surface area contributed by atoms with Gasteiger partial charge >= 0.3 is 5.97 Å². The lowest BCUT2D eigenvalue weighted by atomic mass is 10.2. The van der Waals surface area contributed by atoms with E-state index in [1.54, 1.807) is 7.05 Å². The Bertz CT molecular complexity index is 595. The van der Waals surface area contributed by atoms with E-state index in [1.165, 1.54) is 17.0 Å². The maximum Gasteiger partial charge on any atom is 0.303 e. The van der Waals surface area contributed by atoms with Crippen molar-refractivity contribution in [2.24, 2.45) is 0 Å². The molecule has 0 spiro atoms. The Labute approximate surface area is 141 Å². The van der Waals surface area contributed by atoms with Crippen LogP contribution in [0.5, 0.6) is 0 Å². The average molecular weight is 389 g/mol. The van der Waals surface area contributed by atoms with Crippen LogP contribution in [0, 0.1) is 5.82 Å². The molecular formula is C15H18BrFN2O4. The zero-order valence-electron chi connectivity index (χ0n) is 12.6. The maximum absolute atomic E-state index is 13.1. The number of rotatable bonds is 8. The summed E-state index contributed by atoms with van der Waals surface area (Å²) in [6, 6.07) is 3.78. The van der Waals surface area contributed by atoms with Gasteiger partial charge in [0, 0.05) is 37.5 Å². The van der Waals surface area contributed by atoms with Gasteiger partial charge in [0.2, 0.25) is 5.91 Å². The van der Waals surface area contributed by atoms with Crippen molar-refractivity contribution < 1.29 is 23.9 Å². The van der Waals surface area contributed by atoms with Gasteiger partial charge in [-0.2, -0.15) is 0 Å². The van der Waals surface area contributed by atoms with Crippen molar-refractivity contribution >= 4 is 33.7 Å². The quantitative estimate of drug-likeness (QED) is 0.713. The van der Waals surface area contributed by atoms with E-state index in [0.717, 1.165) is 6.07 Å². The lowest BCUT2D eigenvalue weighted by Crippen LogP contribution is -2.33. The first-order valence-electron chi connectivity index (χ1n) is 7.00. The van der Waals surface area contributed by atoms with Gasteiger partial charge in [0.1, 0.15) is 5.82 Å². The molecule has 0 saturated carbocycles. The number of aliphatic carboxylic acids is 1. The van der Waals surface area contributed by atoms with Crippen LogP contribution in [-0.4, -0.2) is 47.9 Å². The molecule has 126 valence electrons. The number of carbonyl (C=O) groups is 3. The van der Waals surface area contributed by atoms with Crippen LogP contribution >= 0.6 is 15.9 Å². The normalized spacial score (nSPS) is 10.2. The van der Waals surface area contributed by atoms with E-state index in [-0.39, 0.29) is 30.9 Å². The number of hydrogen-bond acceptors (Lipinski definition) is 3. The molecule has 0 aliphatic heterocycles. The lowest BCUT2D eigenvalue weighted by Gasteiger charge is -2.16. The molecule has 0 fully saturated rings. The number of benzene rings is 1. The van der Waals surface area contributed by atoms with Gasteiger partial charge in [0.15, 0.2) is 0 Å². The van der Waals surface area contributed by atoms with Gasteiger partial charge in [-0.15, -0.1) is 0 Å². The van der Waals surface area contributed by atoms with E-state index in [1.807, 2.05) is 0 Å². The molecule has 0 atom stereocenters. The summed E-state index contributed by atoms with van der Waals surface area (Å²) in [5.41, 5.74) is 0.160. The number of carbonyl (C=O) groups excluding carboxylic acids is 2. The third kappa shape index (κ3) is 6.77. The molecule has 1 rings (SSSR count). The van der Waals surface area contributed by atoms with E-state index in [4.69, 9.17) is 5.11 Å². The van der Waals surface area contributed by atoms with Crippen molar-refractivity contribution in [1.29, 1.82) is 0 Å².